The summed E-state index contributed by atoms with van der Waals surface area (Å²) in [7, 11) is -3.62. The fourth-order valence-electron chi connectivity index (χ4n) is 3.57. The van der Waals surface area contributed by atoms with Crippen LogP contribution in [0.25, 0.3) is 0 Å². The first-order chi connectivity index (χ1) is 15.3. The summed E-state index contributed by atoms with van der Waals surface area (Å²) in [6.45, 7) is 3.60. The summed E-state index contributed by atoms with van der Waals surface area (Å²) in [6, 6.07) is 16.0. The predicted octanol–water partition coefficient (Wildman–Crippen LogP) is 2.87. The van der Waals surface area contributed by atoms with Crippen molar-refractivity contribution in [3.63, 3.8) is 0 Å². The van der Waals surface area contributed by atoms with E-state index in [9.17, 15) is 18.0 Å². The Morgan fingerprint density at radius 1 is 0.969 bits per heavy atom. The van der Waals surface area contributed by atoms with Gasteiger partial charge in [0.25, 0.3) is 0 Å². The van der Waals surface area contributed by atoms with Crippen LogP contribution in [-0.4, -0.2) is 62.2 Å². The first-order valence-corrected chi connectivity index (χ1v) is 12.4. The van der Waals surface area contributed by atoms with Crippen molar-refractivity contribution in [2.45, 2.75) is 30.6 Å². The van der Waals surface area contributed by atoms with Crippen molar-refractivity contribution >= 4 is 33.4 Å². The minimum absolute atomic E-state index is 0.107. The number of nitrogens with zero attached hydrogens (tertiary/aromatic N) is 2. The van der Waals surface area contributed by atoms with E-state index in [1.165, 1.54) is 16.4 Å². The summed E-state index contributed by atoms with van der Waals surface area (Å²) in [5.74, 6) is -0.114. The molecular formula is C23H28ClN3O4S. The van der Waals surface area contributed by atoms with Crippen molar-refractivity contribution in [3.05, 3.63) is 65.2 Å². The molecule has 3 rings (SSSR count). The van der Waals surface area contributed by atoms with Crippen LogP contribution in [0.2, 0.25) is 5.02 Å². The molecule has 1 saturated heterocycles. The van der Waals surface area contributed by atoms with Crippen molar-refractivity contribution in [2.75, 3.05) is 32.7 Å². The highest BCUT2D eigenvalue weighted by Gasteiger charge is 2.30. The third kappa shape index (κ3) is 6.31. The molecule has 1 atom stereocenters. The second-order valence-electron chi connectivity index (χ2n) is 7.85. The summed E-state index contributed by atoms with van der Waals surface area (Å²) < 4.78 is 26.9. The van der Waals surface area contributed by atoms with E-state index in [0.29, 0.717) is 24.7 Å². The number of halogens is 1. The van der Waals surface area contributed by atoms with E-state index >= 15 is 0 Å². The van der Waals surface area contributed by atoms with Gasteiger partial charge in [-0.2, -0.15) is 4.31 Å². The topological polar surface area (TPSA) is 86.8 Å². The number of rotatable bonds is 8. The number of hydrogen-bond acceptors (Lipinski definition) is 4. The number of benzene rings is 2. The highest BCUT2D eigenvalue weighted by molar-refractivity contribution is 7.89. The van der Waals surface area contributed by atoms with Crippen molar-refractivity contribution in [1.82, 2.24) is 14.5 Å². The van der Waals surface area contributed by atoms with Crippen molar-refractivity contribution < 1.29 is 18.0 Å². The molecule has 0 radical (unpaired) electrons. The van der Waals surface area contributed by atoms with Gasteiger partial charge in [0.1, 0.15) is 0 Å². The van der Waals surface area contributed by atoms with E-state index in [1.807, 2.05) is 37.3 Å². The quantitative estimate of drug-likeness (QED) is 0.633. The predicted molar refractivity (Wildman–Crippen MR) is 124 cm³/mol. The molecule has 2 aromatic rings. The lowest BCUT2D eigenvalue weighted by Gasteiger charge is -2.34. The Morgan fingerprint density at radius 2 is 1.59 bits per heavy atom. The maximum absolute atomic E-state index is 12.7. The van der Waals surface area contributed by atoms with E-state index in [1.54, 1.807) is 17.0 Å². The van der Waals surface area contributed by atoms with Gasteiger partial charge in [-0.25, -0.2) is 8.42 Å². The van der Waals surface area contributed by atoms with Crippen LogP contribution in [0.3, 0.4) is 0 Å². The average molecular weight is 478 g/mol. The molecule has 0 unspecified atom stereocenters. The molecule has 32 heavy (non-hydrogen) atoms. The molecule has 7 nitrogen and oxygen atoms in total. The molecule has 172 valence electrons. The molecule has 0 spiro atoms. The molecular weight excluding hydrogens is 450 g/mol. The summed E-state index contributed by atoms with van der Waals surface area (Å²) in [6.07, 6.45) is 0.221. The van der Waals surface area contributed by atoms with Gasteiger partial charge in [0, 0.05) is 50.6 Å². The van der Waals surface area contributed by atoms with Crippen molar-refractivity contribution in [3.8, 4) is 0 Å². The number of amides is 2. The Labute approximate surface area is 194 Å². The Morgan fingerprint density at radius 3 is 2.22 bits per heavy atom. The van der Waals surface area contributed by atoms with Crippen molar-refractivity contribution in [2.24, 2.45) is 0 Å². The first-order valence-electron chi connectivity index (χ1n) is 10.6. The highest BCUT2D eigenvalue weighted by atomic mass is 35.5. The second-order valence-corrected chi connectivity index (χ2v) is 10.2. The van der Waals surface area contributed by atoms with Gasteiger partial charge in [-0.1, -0.05) is 48.9 Å². The number of nitrogens with one attached hydrogen (secondary N) is 1. The number of carbonyl (C=O) groups is 2. The zero-order valence-electron chi connectivity index (χ0n) is 18.0. The van der Waals surface area contributed by atoms with Crippen LogP contribution < -0.4 is 5.32 Å². The van der Waals surface area contributed by atoms with Gasteiger partial charge in [0.05, 0.1) is 4.90 Å². The van der Waals surface area contributed by atoms with Gasteiger partial charge in [-0.05, 0) is 35.7 Å². The Balaban J connectivity index is 1.41. The van der Waals surface area contributed by atoms with Crippen LogP contribution in [0, 0.1) is 0 Å². The van der Waals surface area contributed by atoms with Crippen LogP contribution in [0.5, 0.6) is 0 Å². The first kappa shape index (κ1) is 24.2. The summed E-state index contributed by atoms with van der Waals surface area (Å²) in [5, 5.41) is 3.35. The molecule has 1 N–H and O–H groups in total. The normalized spacial score (nSPS) is 15.9. The number of piperazine rings is 1. The smallest absolute Gasteiger partial charge is 0.243 e. The Kier molecular flexibility index (Phi) is 8.28. The molecule has 0 saturated carbocycles. The van der Waals surface area contributed by atoms with E-state index < -0.39 is 10.0 Å². The van der Waals surface area contributed by atoms with Gasteiger partial charge in [-0.3, -0.25) is 9.59 Å². The SMILES string of the molecule is C[C@H](CNC(=O)CCC(=O)N1CCN(S(=O)(=O)c2ccc(Cl)cc2)CC1)c1ccccc1. The maximum Gasteiger partial charge on any atom is 0.243 e. The minimum atomic E-state index is -3.62. The molecule has 1 fully saturated rings. The Bertz CT molecular complexity index is 1020. The standard InChI is InChI=1S/C23H28ClN3O4S/c1-18(19-5-3-2-4-6-19)17-25-22(28)11-12-23(29)26-13-15-27(16-14-26)32(30,31)21-9-7-20(24)8-10-21/h2-10,18H,11-17H2,1H3,(H,25,28)/t18-/m1/s1. The molecule has 0 bridgehead atoms. The van der Waals surface area contributed by atoms with E-state index in [2.05, 4.69) is 5.32 Å². The third-order valence-electron chi connectivity index (χ3n) is 5.58. The number of carbonyl (C=O) groups excluding carboxylic acids is 2. The zero-order chi connectivity index (χ0) is 23.1. The van der Waals surface area contributed by atoms with Crippen LogP contribution >= 0.6 is 11.6 Å². The third-order valence-corrected chi connectivity index (χ3v) is 7.75. The monoisotopic (exact) mass is 477 g/mol. The lowest BCUT2D eigenvalue weighted by Crippen LogP contribution is -2.50. The van der Waals surface area contributed by atoms with Crippen LogP contribution in [0.1, 0.15) is 31.2 Å². The van der Waals surface area contributed by atoms with Gasteiger partial charge >= 0.3 is 0 Å². The van der Waals surface area contributed by atoms with E-state index in [4.69, 9.17) is 11.6 Å². The van der Waals surface area contributed by atoms with E-state index in [-0.39, 0.29) is 48.6 Å². The molecule has 9 heteroatoms. The summed E-state index contributed by atoms with van der Waals surface area (Å²) in [4.78, 5) is 26.4. The zero-order valence-corrected chi connectivity index (χ0v) is 19.6. The van der Waals surface area contributed by atoms with Gasteiger partial charge in [-0.15, -0.1) is 0 Å². The number of sulfonamides is 1. The lowest BCUT2D eigenvalue weighted by atomic mass is 10.0. The number of hydrogen-bond donors (Lipinski definition) is 1. The fourth-order valence-corrected chi connectivity index (χ4v) is 5.11. The summed E-state index contributed by atoms with van der Waals surface area (Å²) in [5.41, 5.74) is 1.15. The average Bonchev–Trinajstić information content (AvgIpc) is 2.82. The molecule has 1 aliphatic heterocycles. The minimum Gasteiger partial charge on any atom is -0.355 e. The van der Waals surface area contributed by atoms with Gasteiger partial charge < -0.3 is 10.2 Å². The van der Waals surface area contributed by atoms with Gasteiger partial charge in [0.15, 0.2) is 0 Å². The second kappa shape index (κ2) is 10.9. The molecule has 2 amide bonds. The molecule has 0 aromatic heterocycles. The summed E-state index contributed by atoms with van der Waals surface area (Å²) >= 11 is 5.84. The van der Waals surface area contributed by atoms with Crippen LogP contribution in [-0.2, 0) is 19.6 Å². The molecule has 2 aromatic carbocycles. The van der Waals surface area contributed by atoms with Crippen LogP contribution in [0.15, 0.2) is 59.5 Å². The largest absolute Gasteiger partial charge is 0.355 e. The Hall–Kier alpha value is -2.42. The van der Waals surface area contributed by atoms with Crippen molar-refractivity contribution in [1.29, 1.82) is 0 Å². The molecule has 1 aliphatic rings. The van der Waals surface area contributed by atoms with Crippen LogP contribution in [0.4, 0.5) is 0 Å². The molecule has 1 heterocycles. The molecule has 0 aliphatic carbocycles. The maximum atomic E-state index is 12.7. The van der Waals surface area contributed by atoms with Gasteiger partial charge in [0.2, 0.25) is 21.8 Å². The lowest BCUT2D eigenvalue weighted by molar-refractivity contribution is -0.134. The van der Waals surface area contributed by atoms with E-state index in [0.717, 1.165) is 5.56 Å². The fraction of sp³-hybridized carbons (Fsp3) is 0.391. The highest BCUT2D eigenvalue weighted by Crippen LogP contribution is 2.20.